The van der Waals surface area contributed by atoms with Crippen LogP contribution >= 0.6 is 0 Å². The summed E-state index contributed by atoms with van der Waals surface area (Å²) in [5, 5.41) is 0. The molecular weight excluding hydrogens is 404 g/mol. The van der Waals surface area contributed by atoms with E-state index in [9.17, 15) is 13.2 Å². The smallest absolute Gasteiger partial charge is 0.324 e. The molecule has 0 radical (unpaired) electrons. The van der Waals surface area contributed by atoms with Crippen molar-refractivity contribution in [2.45, 2.75) is 66.0 Å². The van der Waals surface area contributed by atoms with Gasteiger partial charge in [-0.25, -0.2) is 13.4 Å². The Morgan fingerprint density at radius 3 is 2.67 bits per heavy atom. The monoisotopic (exact) mass is 438 g/mol. The summed E-state index contributed by atoms with van der Waals surface area (Å²) in [5.41, 5.74) is 1.91. The number of pyridine rings is 1. The fourth-order valence-electron chi connectivity index (χ4n) is 3.53. The molecule has 2 heterocycles. The van der Waals surface area contributed by atoms with Crippen molar-refractivity contribution in [2.24, 2.45) is 5.92 Å². The fraction of sp³-hybridized carbons (Fsp3) is 0.667. The highest BCUT2D eigenvalue weighted by Crippen LogP contribution is 2.18. The highest BCUT2D eigenvalue weighted by Gasteiger charge is 2.32. The zero-order valence-electron chi connectivity index (χ0n) is 18.7. The number of esters is 1. The maximum Gasteiger partial charge on any atom is 0.324 e. The van der Waals surface area contributed by atoms with E-state index in [0.717, 1.165) is 36.2 Å². The highest BCUT2D eigenvalue weighted by atomic mass is 32.2. The number of hydrogen-bond acceptors (Lipinski definition) is 6. The molecule has 0 saturated carbocycles. The number of carbonyl (C=O) groups excluding carboxylic acids is 1. The largest absolute Gasteiger partial charge is 0.465 e. The zero-order chi connectivity index (χ0) is 22.3. The molecule has 0 N–H and O–H groups in total. The van der Waals surface area contributed by atoms with Gasteiger partial charge >= 0.3 is 5.97 Å². The molecular formula is C21H34N4O4S. The predicted octanol–water partition coefficient (Wildman–Crippen LogP) is 3.15. The average molecular weight is 439 g/mol. The van der Waals surface area contributed by atoms with Gasteiger partial charge in [0.25, 0.3) is 0 Å². The van der Waals surface area contributed by atoms with E-state index < -0.39 is 22.0 Å². The molecule has 0 aliphatic rings. The van der Waals surface area contributed by atoms with Gasteiger partial charge in [0.05, 0.1) is 24.1 Å². The number of rotatable bonds is 12. The predicted molar refractivity (Wildman–Crippen MR) is 118 cm³/mol. The number of carbonyl (C=O) groups is 1. The van der Waals surface area contributed by atoms with Crippen molar-refractivity contribution < 1.29 is 17.9 Å². The first-order valence-electron chi connectivity index (χ1n) is 10.6. The quantitative estimate of drug-likeness (QED) is 0.373. The standard InChI is InChI=1S/C21H34N4O4S/c1-6-29-21(26)20(14-16(2)3)24(5)30(27,28)13-9-7-8-12-25-17(4)23-18-15-22-11-10-19(18)25/h10-11,15-16,20H,6-9,12-14H2,1-5H3/t20-/m0/s1. The Morgan fingerprint density at radius 1 is 1.27 bits per heavy atom. The number of sulfonamides is 1. The molecule has 2 aromatic heterocycles. The molecule has 2 rings (SSSR count). The maximum absolute atomic E-state index is 12.8. The van der Waals surface area contributed by atoms with Crippen LogP contribution in [-0.2, 0) is 26.1 Å². The number of unbranched alkanes of at least 4 members (excludes halogenated alkanes) is 2. The number of ether oxygens (including phenoxy) is 1. The third kappa shape index (κ3) is 6.25. The molecule has 0 aliphatic heterocycles. The van der Waals surface area contributed by atoms with E-state index in [4.69, 9.17) is 4.74 Å². The summed E-state index contributed by atoms with van der Waals surface area (Å²) in [6.07, 6.45) is 6.10. The van der Waals surface area contributed by atoms with Crippen molar-refractivity contribution >= 4 is 27.0 Å². The topological polar surface area (TPSA) is 94.4 Å². The highest BCUT2D eigenvalue weighted by molar-refractivity contribution is 7.89. The maximum atomic E-state index is 12.8. The van der Waals surface area contributed by atoms with Crippen molar-refractivity contribution in [3.63, 3.8) is 0 Å². The fourth-order valence-corrected chi connectivity index (χ4v) is 4.95. The lowest BCUT2D eigenvalue weighted by molar-refractivity contribution is -0.147. The molecule has 8 nitrogen and oxygen atoms in total. The van der Waals surface area contributed by atoms with Crippen LogP contribution in [0.5, 0.6) is 0 Å². The summed E-state index contributed by atoms with van der Waals surface area (Å²) in [6.45, 7) is 8.63. The third-order valence-electron chi connectivity index (χ3n) is 5.16. The Labute approximate surface area is 179 Å². The van der Waals surface area contributed by atoms with Crippen molar-refractivity contribution in [3.8, 4) is 0 Å². The number of fused-ring (bicyclic) bond motifs is 1. The Balaban J connectivity index is 1.90. The molecule has 9 heteroatoms. The molecule has 0 fully saturated rings. The Kier molecular flexibility index (Phi) is 8.78. The molecule has 0 aromatic carbocycles. The molecule has 0 amide bonds. The van der Waals surface area contributed by atoms with Crippen LogP contribution in [0.3, 0.4) is 0 Å². The summed E-state index contributed by atoms with van der Waals surface area (Å²) in [5.74, 6) is 0.650. The van der Waals surface area contributed by atoms with Crippen molar-refractivity contribution in [1.29, 1.82) is 0 Å². The number of hydrogen-bond donors (Lipinski definition) is 0. The van der Waals surface area contributed by atoms with E-state index in [1.807, 2.05) is 26.8 Å². The summed E-state index contributed by atoms with van der Waals surface area (Å²) in [4.78, 5) is 20.9. The zero-order valence-corrected chi connectivity index (χ0v) is 19.5. The first-order chi connectivity index (χ1) is 14.2. The van der Waals surface area contributed by atoms with Crippen LogP contribution in [0.1, 0.15) is 52.3 Å². The minimum absolute atomic E-state index is 0.0189. The van der Waals surface area contributed by atoms with Crippen LogP contribution in [0.15, 0.2) is 18.5 Å². The molecule has 30 heavy (non-hydrogen) atoms. The number of aryl methyl sites for hydroxylation is 2. The van der Waals surface area contributed by atoms with E-state index in [0.29, 0.717) is 12.8 Å². The molecule has 0 aliphatic carbocycles. The second-order valence-corrected chi connectivity index (χ2v) is 10.1. The Morgan fingerprint density at radius 2 is 2.00 bits per heavy atom. The summed E-state index contributed by atoms with van der Waals surface area (Å²) < 4.78 is 34.0. The van der Waals surface area contributed by atoms with Gasteiger partial charge in [0.1, 0.15) is 17.4 Å². The molecule has 0 bridgehead atoms. The van der Waals surface area contributed by atoms with E-state index in [1.54, 1.807) is 19.3 Å². The van der Waals surface area contributed by atoms with E-state index in [-0.39, 0.29) is 18.3 Å². The lowest BCUT2D eigenvalue weighted by atomic mass is 10.0. The lowest BCUT2D eigenvalue weighted by Gasteiger charge is -2.27. The first kappa shape index (κ1) is 24.3. The molecule has 0 spiro atoms. The van der Waals surface area contributed by atoms with Crippen LogP contribution in [0.25, 0.3) is 11.0 Å². The van der Waals surface area contributed by atoms with E-state index in [2.05, 4.69) is 14.5 Å². The molecule has 0 saturated heterocycles. The normalized spacial score (nSPS) is 13.3. The minimum Gasteiger partial charge on any atom is -0.465 e. The summed E-state index contributed by atoms with van der Waals surface area (Å²) in [6, 6.07) is 1.17. The number of nitrogens with zero attached hydrogens (tertiary/aromatic N) is 4. The third-order valence-corrected chi connectivity index (χ3v) is 7.09. The number of likely N-dealkylation sites (N-methyl/N-ethyl adjacent to an activating group) is 1. The summed E-state index contributed by atoms with van der Waals surface area (Å²) >= 11 is 0. The molecule has 168 valence electrons. The Bertz CT molecular complexity index is 940. The van der Waals surface area contributed by atoms with Crippen LogP contribution in [-0.4, -0.2) is 58.7 Å². The SMILES string of the molecule is CCOC(=O)[C@H](CC(C)C)N(C)S(=O)(=O)CCCCCn1c(C)nc2cnccc21. The first-order valence-corrected chi connectivity index (χ1v) is 12.2. The van der Waals surface area contributed by atoms with Gasteiger partial charge in [-0.2, -0.15) is 4.31 Å². The molecule has 1 atom stereocenters. The van der Waals surface area contributed by atoms with Gasteiger partial charge < -0.3 is 9.30 Å². The van der Waals surface area contributed by atoms with Crippen molar-refractivity contribution in [2.75, 3.05) is 19.4 Å². The van der Waals surface area contributed by atoms with E-state index >= 15 is 0 Å². The van der Waals surface area contributed by atoms with Gasteiger partial charge in [0, 0.05) is 19.8 Å². The van der Waals surface area contributed by atoms with Gasteiger partial charge in [-0.1, -0.05) is 20.3 Å². The summed E-state index contributed by atoms with van der Waals surface area (Å²) in [7, 11) is -2.06. The van der Waals surface area contributed by atoms with Crippen molar-refractivity contribution in [1.82, 2.24) is 18.8 Å². The van der Waals surface area contributed by atoms with Gasteiger partial charge in [0.2, 0.25) is 10.0 Å². The second kappa shape index (κ2) is 10.9. The minimum atomic E-state index is -3.54. The molecule has 0 unspecified atom stereocenters. The van der Waals surface area contributed by atoms with Crippen LogP contribution in [0.2, 0.25) is 0 Å². The van der Waals surface area contributed by atoms with Crippen LogP contribution in [0, 0.1) is 12.8 Å². The van der Waals surface area contributed by atoms with Crippen LogP contribution in [0.4, 0.5) is 0 Å². The second-order valence-electron chi connectivity index (χ2n) is 7.97. The van der Waals surface area contributed by atoms with Gasteiger partial charge in [-0.15, -0.1) is 0 Å². The number of imidazole rings is 1. The van der Waals surface area contributed by atoms with E-state index in [1.165, 1.54) is 11.4 Å². The average Bonchev–Trinajstić information content (AvgIpc) is 3.00. The van der Waals surface area contributed by atoms with Crippen LogP contribution < -0.4 is 0 Å². The number of aromatic nitrogens is 3. The lowest BCUT2D eigenvalue weighted by Crippen LogP contribution is -2.45. The molecule has 2 aromatic rings. The van der Waals surface area contributed by atoms with Gasteiger partial charge in [-0.05, 0) is 45.1 Å². The van der Waals surface area contributed by atoms with Gasteiger partial charge in [-0.3, -0.25) is 9.78 Å². The Hall–Kier alpha value is -2.00. The van der Waals surface area contributed by atoms with Gasteiger partial charge in [0.15, 0.2) is 0 Å². The van der Waals surface area contributed by atoms with Crippen molar-refractivity contribution in [3.05, 3.63) is 24.3 Å².